The molecule has 10 heteroatoms. The Bertz CT molecular complexity index is 1190. The van der Waals surface area contributed by atoms with Crippen LogP contribution in [0.2, 0.25) is 0 Å². The Labute approximate surface area is 186 Å². The maximum atomic E-state index is 12.5. The van der Waals surface area contributed by atoms with Crippen LogP contribution >= 0.6 is 0 Å². The van der Waals surface area contributed by atoms with Gasteiger partial charge in [-0.05, 0) is 57.4 Å². The minimum Gasteiger partial charge on any atom is -0.452 e. The average Bonchev–Trinajstić information content (AvgIpc) is 3.36. The van der Waals surface area contributed by atoms with E-state index in [1.165, 1.54) is 18.2 Å². The SMILES string of the molecule is Cc1cc(C(=O)OCC(=O)Nc2cccc(S(=O)(=O)NC3=NCCC3)c2)c(C)n1C1CC1. The first-order valence-electron chi connectivity index (χ1n) is 10.6. The summed E-state index contributed by atoms with van der Waals surface area (Å²) in [4.78, 5) is 28.9. The summed E-state index contributed by atoms with van der Waals surface area (Å²) in [6, 6.07) is 8.10. The van der Waals surface area contributed by atoms with Crippen LogP contribution in [-0.2, 0) is 19.6 Å². The van der Waals surface area contributed by atoms with Crippen molar-refractivity contribution in [3.05, 3.63) is 47.3 Å². The Morgan fingerprint density at radius 1 is 1.22 bits per heavy atom. The number of hydrogen-bond acceptors (Lipinski definition) is 6. The molecule has 1 saturated carbocycles. The Balaban J connectivity index is 1.36. The molecule has 170 valence electrons. The molecule has 0 spiro atoms. The summed E-state index contributed by atoms with van der Waals surface area (Å²) < 4.78 is 34.9. The maximum absolute atomic E-state index is 12.5. The lowest BCUT2D eigenvalue weighted by atomic mass is 10.2. The molecule has 0 unspecified atom stereocenters. The molecule has 0 bridgehead atoms. The minimum absolute atomic E-state index is 0.00871. The standard InChI is InChI=1S/C22H26N4O5S/c1-14-11-19(15(2)26(14)17-8-9-17)22(28)31-13-21(27)24-16-5-3-6-18(12-16)32(29,30)25-20-7-4-10-23-20/h3,5-6,11-12,17H,4,7-10,13H2,1-2H3,(H,23,25)(H,24,27). The van der Waals surface area contributed by atoms with Gasteiger partial charge in [-0.1, -0.05) is 6.07 Å². The number of aliphatic imine (C=N–C) groups is 1. The molecule has 9 nitrogen and oxygen atoms in total. The Morgan fingerprint density at radius 2 is 2.00 bits per heavy atom. The summed E-state index contributed by atoms with van der Waals surface area (Å²) >= 11 is 0. The molecule has 32 heavy (non-hydrogen) atoms. The molecular formula is C22H26N4O5S. The molecule has 2 N–H and O–H groups in total. The summed E-state index contributed by atoms with van der Waals surface area (Å²) in [6.07, 6.45) is 3.61. The van der Waals surface area contributed by atoms with E-state index in [9.17, 15) is 18.0 Å². The summed E-state index contributed by atoms with van der Waals surface area (Å²) in [6.45, 7) is 3.96. The molecule has 2 aromatic rings. The molecule has 0 radical (unpaired) electrons. The second kappa shape index (κ2) is 8.78. The van der Waals surface area contributed by atoms with Gasteiger partial charge in [-0.3, -0.25) is 14.5 Å². The molecule has 1 amide bonds. The third kappa shape index (κ3) is 4.85. The van der Waals surface area contributed by atoms with Gasteiger partial charge in [0, 0.05) is 36.1 Å². The summed E-state index contributed by atoms with van der Waals surface area (Å²) in [5.41, 5.74) is 2.58. The number of amides is 1. The lowest BCUT2D eigenvalue weighted by Gasteiger charge is -2.10. The Kier molecular flexibility index (Phi) is 6.05. The quantitative estimate of drug-likeness (QED) is 0.619. The van der Waals surface area contributed by atoms with Crippen molar-refractivity contribution in [1.82, 2.24) is 9.29 Å². The van der Waals surface area contributed by atoms with E-state index < -0.39 is 28.5 Å². The van der Waals surface area contributed by atoms with Crippen molar-refractivity contribution in [1.29, 1.82) is 0 Å². The highest BCUT2D eigenvalue weighted by Gasteiger charge is 2.29. The number of rotatable bonds is 7. The largest absolute Gasteiger partial charge is 0.452 e. The molecule has 1 aromatic carbocycles. The topological polar surface area (TPSA) is 119 Å². The number of anilines is 1. The van der Waals surface area contributed by atoms with Crippen molar-refractivity contribution in [3.63, 3.8) is 0 Å². The first-order chi connectivity index (χ1) is 15.2. The maximum Gasteiger partial charge on any atom is 0.340 e. The van der Waals surface area contributed by atoms with E-state index in [0.717, 1.165) is 30.7 Å². The van der Waals surface area contributed by atoms with Crippen molar-refractivity contribution in [2.45, 2.75) is 50.5 Å². The number of sulfonamides is 1. The highest BCUT2D eigenvalue weighted by molar-refractivity contribution is 7.90. The van der Waals surface area contributed by atoms with E-state index in [0.29, 0.717) is 30.4 Å². The number of benzene rings is 1. The van der Waals surface area contributed by atoms with Crippen molar-refractivity contribution < 1.29 is 22.7 Å². The second-order valence-electron chi connectivity index (χ2n) is 8.08. The van der Waals surface area contributed by atoms with Gasteiger partial charge in [0.15, 0.2) is 6.61 Å². The predicted molar refractivity (Wildman–Crippen MR) is 119 cm³/mol. The zero-order valence-electron chi connectivity index (χ0n) is 18.1. The number of ether oxygens (including phenoxy) is 1. The number of nitrogens with zero attached hydrogens (tertiary/aromatic N) is 2. The Morgan fingerprint density at radius 3 is 2.69 bits per heavy atom. The van der Waals surface area contributed by atoms with E-state index in [1.807, 2.05) is 13.8 Å². The molecular weight excluding hydrogens is 432 g/mol. The van der Waals surface area contributed by atoms with Crippen LogP contribution in [0.3, 0.4) is 0 Å². The summed E-state index contributed by atoms with van der Waals surface area (Å²) in [7, 11) is -3.79. The van der Waals surface area contributed by atoms with Crippen molar-refractivity contribution in [3.8, 4) is 0 Å². The van der Waals surface area contributed by atoms with Crippen LogP contribution in [0.15, 0.2) is 40.2 Å². The predicted octanol–water partition coefficient (Wildman–Crippen LogP) is 2.71. The first kappa shape index (κ1) is 22.1. The minimum atomic E-state index is -3.79. The zero-order chi connectivity index (χ0) is 22.9. The van der Waals surface area contributed by atoms with E-state index in [1.54, 1.807) is 12.1 Å². The fraction of sp³-hybridized carbons (Fsp3) is 0.409. The lowest BCUT2D eigenvalue weighted by Crippen LogP contribution is -2.29. The number of carbonyl (C=O) groups is 2. The normalized spacial score (nSPS) is 15.9. The van der Waals surface area contributed by atoms with Gasteiger partial charge >= 0.3 is 5.97 Å². The van der Waals surface area contributed by atoms with Gasteiger partial charge in [-0.25, -0.2) is 13.2 Å². The highest BCUT2D eigenvalue weighted by Crippen LogP contribution is 2.38. The molecule has 2 aliphatic rings. The van der Waals surface area contributed by atoms with Crippen LogP contribution in [0.4, 0.5) is 5.69 Å². The van der Waals surface area contributed by atoms with Gasteiger partial charge in [0.25, 0.3) is 15.9 Å². The average molecular weight is 459 g/mol. The highest BCUT2D eigenvalue weighted by atomic mass is 32.2. The van der Waals surface area contributed by atoms with E-state index in [-0.39, 0.29) is 10.6 Å². The number of hydrogen-bond donors (Lipinski definition) is 2. The number of nitrogens with one attached hydrogen (secondary N) is 2. The van der Waals surface area contributed by atoms with Crippen LogP contribution in [0.5, 0.6) is 0 Å². The molecule has 2 heterocycles. The van der Waals surface area contributed by atoms with Crippen molar-refractivity contribution >= 4 is 33.4 Å². The summed E-state index contributed by atoms with van der Waals surface area (Å²) in [5.74, 6) is -0.678. The number of aryl methyl sites for hydroxylation is 1. The van der Waals surface area contributed by atoms with Crippen LogP contribution in [0.1, 0.15) is 53.5 Å². The van der Waals surface area contributed by atoms with Gasteiger partial charge in [0.2, 0.25) is 0 Å². The monoisotopic (exact) mass is 458 g/mol. The van der Waals surface area contributed by atoms with E-state index in [4.69, 9.17) is 4.74 Å². The Hall–Kier alpha value is -3.14. The van der Waals surface area contributed by atoms with E-state index >= 15 is 0 Å². The van der Waals surface area contributed by atoms with Gasteiger partial charge < -0.3 is 14.6 Å². The molecule has 4 rings (SSSR count). The van der Waals surface area contributed by atoms with Gasteiger partial charge in [0.05, 0.1) is 10.5 Å². The molecule has 1 aliphatic carbocycles. The molecule has 0 atom stereocenters. The molecule has 1 aliphatic heterocycles. The zero-order valence-corrected chi connectivity index (χ0v) is 18.9. The second-order valence-corrected chi connectivity index (χ2v) is 9.76. The van der Waals surface area contributed by atoms with Gasteiger partial charge in [-0.2, -0.15) is 0 Å². The molecule has 0 saturated heterocycles. The number of carbonyl (C=O) groups excluding carboxylic acids is 2. The van der Waals surface area contributed by atoms with Crippen LogP contribution in [0.25, 0.3) is 0 Å². The van der Waals surface area contributed by atoms with Crippen LogP contribution < -0.4 is 10.0 Å². The number of esters is 1. The van der Waals surface area contributed by atoms with Gasteiger partial charge in [0.1, 0.15) is 5.84 Å². The lowest BCUT2D eigenvalue weighted by molar-refractivity contribution is -0.119. The fourth-order valence-corrected chi connectivity index (χ4v) is 5.00. The first-order valence-corrected chi connectivity index (χ1v) is 12.0. The number of aromatic nitrogens is 1. The smallest absolute Gasteiger partial charge is 0.340 e. The van der Waals surface area contributed by atoms with Crippen molar-refractivity contribution in [2.75, 3.05) is 18.5 Å². The molecule has 1 aromatic heterocycles. The summed E-state index contributed by atoms with van der Waals surface area (Å²) in [5, 5.41) is 2.57. The van der Waals surface area contributed by atoms with Crippen LogP contribution in [0, 0.1) is 13.8 Å². The van der Waals surface area contributed by atoms with Gasteiger partial charge in [-0.15, -0.1) is 0 Å². The van der Waals surface area contributed by atoms with Crippen molar-refractivity contribution in [2.24, 2.45) is 4.99 Å². The fourth-order valence-electron chi connectivity index (χ4n) is 3.86. The third-order valence-corrected chi connectivity index (χ3v) is 6.88. The van der Waals surface area contributed by atoms with E-state index in [2.05, 4.69) is 19.6 Å². The van der Waals surface area contributed by atoms with Crippen LogP contribution in [-0.4, -0.2) is 43.8 Å². The molecule has 1 fully saturated rings. The third-order valence-electron chi connectivity index (χ3n) is 5.51. The number of amidine groups is 1.